The van der Waals surface area contributed by atoms with Crippen molar-refractivity contribution in [1.82, 2.24) is 10.6 Å². The number of carbonyl (C=O) groups is 2. The van der Waals surface area contributed by atoms with Crippen molar-refractivity contribution in [3.8, 4) is 0 Å². The zero-order chi connectivity index (χ0) is 56.8. The Labute approximate surface area is 477 Å². The summed E-state index contributed by atoms with van der Waals surface area (Å²) in [4.78, 5) is 33.1. The maximum Gasteiger partial charge on any atom is 0.220 e. The number of ether oxygens (including phenoxy) is 6. The zero-order valence-electron chi connectivity index (χ0n) is 47.3. The summed E-state index contributed by atoms with van der Waals surface area (Å²) >= 11 is 7.52. The molecule has 2 heterocycles. The molecule has 0 unspecified atom stereocenters. The molecule has 0 atom stereocenters. The molecule has 0 radical (unpaired) electrons. The van der Waals surface area contributed by atoms with Gasteiger partial charge < -0.3 is 44.0 Å². The van der Waals surface area contributed by atoms with E-state index < -0.39 is 0 Å². The van der Waals surface area contributed by atoms with Gasteiger partial charge in [-0.2, -0.15) is 4.58 Å². The van der Waals surface area contributed by atoms with Gasteiger partial charge in [-0.25, -0.2) is 0 Å². The summed E-state index contributed by atoms with van der Waals surface area (Å²) in [6.07, 6.45) is 15.1. The highest BCUT2D eigenvalue weighted by atomic mass is 35.5. The van der Waals surface area contributed by atoms with E-state index >= 15 is 0 Å². The predicted octanol–water partition coefficient (Wildman–Crippen LogP) is 11.4. The second kappa shape index (κ2) is 34.1. The lowest BCUT2D eigenvalue weighted by Crippen LogP contribution is -2.28. The molecule has 2 aliphatic heterocycles. The fraction of sp³-hybridized carbons (Fsp3) is 0.525. The van der Waals surface area contributed by atoms with Gasteiger partial charge in [-0.15, -0.1) is 0 Å². The van der Waals surface area contributed by atoms with Gasteiger partial charge in [0.2, 0.25) is 17.5 Å². The largest absolute Gasteiger partial charge is 0.379 e. The van der Waals surface area contributed by atoms with Gasteiger partial charge in [0, 0.05) is 107 Å². The van der Waals surface area contributed by atoms with Crippen LogP contribution in [0.3, 0.4) is 0 Å². The highest BCUT2D eigenvalue weighted by Gasteiger charge is 2.44. The number of fused-ring (bicyclic) bond motifs is 3. The number of unbranched alkanes of at least 4 members (excludes halogenated alkanes) is 4. The molecule has 0 fully saturated rings. The number of benzene rings is 3. The maximum atomic E-state index is 12.7. The molecule has 3 aliphatic rings. The first-order chi connectivity index (χ1) is 39.0. The summed E-state index contributed by atoms with van der Waals surface area (Å²) in [5, 5.41) is 13.5. The molecular weight excluding hydrogens is 1040 g/mol. The minimum Gasteiger partial charge on any atom is -0.379 e. The summed E-state index contributed by atoms with van der Waals surface area (Å²) in [5.41, 5.74) is 27.7. The monoisotopic (exact) mass is 1120 g/mol. The highest BCUT2D eigenvalue weighted by Crippen LogP contribution is 2.49. The van der Waals surface area contributed by atoms with E-state index in [2.05, 4.69) is 165 Å². The predicted molar refractivity (Wildman–Crippen MR) is 316 cm³/mol. The van der Waals surface area contributed by atoms with E-state index in [1.165, 1.54) is 33.9 Å². The van der Waals surface area contributed by atoms with Gasteiger partial charge in [0.15, 0.2) is 5.71 Å². The van der Waals surface area contributed by atoms with Crippen LogP contribution in [0.4, 0.5) is 11.4 Å². The second-order valence-electron chi connectivity index (χ2n) is 20.6. The topological polar surface area (TPSA) is 217 Å². The summed E-state index contributed by atoms with van der Waals surface area (Å²) in [6, 6.07) is 25.8. The Morgan fingerprint density at radius 3 is 1.71 bits per heavy atom. The number of nitrogens with one attached hydrogen (secondary N) is 2. The molecule has 0 saturated carbocycles. The van der Waals surface area contributed by atoms with E-state index in [0.29, 0.717) is 123 Å². The standard InChI is InChI=1S/C61H81ClN10O8/c1-60(2)51-19-11-13-21-53(51)71(33-15-5-7-23-57(73)65-29-35-75-39-43-79-45-41-77-37-31-67-69-63)55(60)27-25-49-47-17-9-10-18-48(47)50(59(49)62)26-28-56-61(3,4)52-20-12-14-22-54(52)72(56)34-16-6-8-24-58(74)66-30-36-76-40-44-80-46-42-78-38-32-68-70-64/h9-14,17-22,25-28H,5-8,15-16,23-24,29-46H2,1-4H3,(H-,65,66,73,74)/p+1. The van der Waals surface area contributed by atoms with Crippen LogP contribution in [0.5, 0.6) is 0 Å². The van der Waals surface area contributed by atoms with E-state index in [-0.39, 0.29) is 22.6 Å². The Morgan fingerprint density at radius 2 is 1.11 bits per heavy atom. The first-order valence-electron chi connectivity index (χ1n) is 28.2. The fourth-order valence-corrected chi connectivity index (χ4v) is 10.6. The molecule has 6 rings (SSSR count). The Balaban J connectivity index is 1.01. The van der Waals surface area contributed by atoms with Gasteiger partial charge in [0.05, 0.1) is 89.7 Å². The van der Waals surface area contributed by atoms with Crippen LogP contribution in [-0.4, -0.2) is 141 Å². The zero-order valence-corrected chi connectivity index (χ0v) is 48.1. The lowest BCUT2D eigenvalue weighted by Gasteiger charge is -2.27. The van der Waals surface area contributed by atoms with Gasteiger partial charge >= 0.3 is 0 Å². The highest BCUT2D eigenvalue weighted by molar-refractivity contribution is 6.42. The molecule has 2 N–H and O–H groups in total. The second-order valence-corrected chi connectivity index (χ2v) is 21.0. The third-order valence-corrected chi connectivity index (χ3v) is 14.8. The van der Waals surface area contributed by atoms with Crippen LogP contribution in [-0.2, 0) is 48.8 Å². The van der Waals surface area contributed by atoms with Gasteiger partial charge in [0.25, 0.3) is 0 Å². The Morgan fingerprint density at radius 1 is 0.600 bits per heavy atom. The molecule has 80 heavy (non-hydrogen) atoms. The number of azide groups is 2. The number of amides is 2. The number of nitrogens with zero attached hydrogens (tertiary/aromatic N) is 8. The molecule has 0 aromatic heterocycles. The van der Waals surface area contributed by atoms with Crippen LogP contribution in [0, 0.1) is 0 Å². The van der Waals surface area contributed by atoms with Gasteiger partial charge in [-0.05, 0) is 85.5 Å². The van der Waals surface area contributed by atoms with Crippen molar-refractivity contribution in [3.63, 3.8) is 0 Å². The number of rotatable bonds is 39. The quantitative estimate of drug-likeness (QED) is 0.0182. The average Bonchev–Trinajstić information content (AvgIpc) is 4.04. The van der Waals surface area contributed by atoms with Crippen molar-refractivity contribution in [2.24, 2.45) is 10.2 Å². The first kappa shape index (κ1) is 62.9. The Bertz CT molecular complexity index is 2760. The van der Waals surface area contributed by atoms with E-state index in [9.17, 15) is 9.59 Å². The molecular formula is C61H82ClN10O8+. The third-order valence-electron chi connectivity index (χ3n) is 14.4. The molecule has 0 saturated heterocycles. The number of carbonyl (C=O) groups excluding carboxylic acids is 2. The summed E-state index contributed by atoms with van der Waals surface area (Å²) < 4.78 is 35.2. The van der Waals surface area contributed by atoms with Crippen LogP contribution in [0.2, 0.25) is 0 Å². The fourth-order valence-electron chi connectivity index (χ4n) is 10.3. The molecule has 0 bridgehead atoms. The van der Waals surface area contributed by atoms with Crippen LogP contribution < -0.4 is 15.5 Å². The van der Waals surface area contributed by atoms with Crippen molar-refractivity contribution in [1.29, 1.82) is 0 Å². The molecule has 0 spiro atoms. The normalized spacial score (nSPS) is 15.8. The molecule has 430 valence electrons. The number of hydrogen-bond donors (Lipinski definition) is 2. The van der Waals surface area contributed by atoms with Crippen molar-refractivity contribution in [2.75, 3.05) is 123 Å². The minimum absolute atomic E-state index is 0.0256. The number of halogens is 1. The molecule has 19 heteroatoms. The smallest absolute Gasteiger partial charge is 0.220 e. The average molecular weight is 1120 g/mol. The maximum absolute atomic E-state index is 12.7. The van der Waals surface area contributed by atoms with Crippen LogP contribution in [0.15, 0.2) is 118 Å². The van der Waals surface area contributed by atoms with Gasteiger partial charge in [-0.1, -0.05) is 109 Å². The van der Waals surface area contributed by atoms with Crippen molar-refractivity contribution in [2.45, 2.75) is 89.9 Å². The Hall–Kier alpha value is -6.30. The molecule has 18 nitrogen and oxygen atoms in total. The van der Waals surface area contributed by atoms with Gasteiger partial charge in [-0.3, -0.25) is 9.59 Å². The summed E-state index contributed by atoms with van der Waals surface area (Å²) in [7, 11) is 0. The van der Waals surface area contributed by atoms with Crippen molar-refractivity contribution < 1.29 is 42.6 Å². The number of anilines is 1. The third kappa shape index (κ3) is 18.6. The van der Waals surface area contributed by atoms with Crippen LogP contribution in [0.1, 0.15) is 101 Å². The SMILES string of the molecule is CC1(C)C(/C=C/C2=C(Cl)C(=C/C=C3/N(CCCCCC(=O)NCCOCCOCCOCCN=[N+]=[N-])c4ccccc4C3(C)C)/c3ccccc32)=[N+](CCCCCC(=O)NCCOCCOCCOCCN=[N+]=[N-])c2ccccc21. The molecule has 3 aromatic rings. The van der Waals surface area contributed by atoms with Gasteiger partial charge in [0.1, 0.15) is 6.54 Å². The van der Waals surface area contributed by atoms with Crippen LogP contribution in [0.25, 0.3) is 32.0 Å². The molecule has 2 amide bonds. The number of allylic oxidation sites excluding steroid dienone is 8. The van der Waals surface area contributed by atoms with E-state index in [4.69, 9.17) is 51.1 Å². The van der Waals surface area contributed by atoms with Crippen LogP contribution >= 0.6 is 11.6 Å². The van der Waals surface area contributed by atoms with Crippen molar-refractivity contribution >= 4 is 51.6 Å². The number of para-hydroxylation sites is 2. The van der Waals surface area contributed by atoms with E-state index in [1.54, 1.807) is 0 Å². The van der Waals surface area contributed by atoms with E-state index in [0.717, 1.165) is 73.9 Å². The lowest BCUT2D eigenvalue weighted by atomic mass is 9.81. The van der Waals surface area contributed by atoms with E-state index in [1.807, 2.05) is 0 Å². The minimum atomic E-state index is -0.251. The number of hydrogen-bond acceptors (Lipinski definition) is 11. The Kier molecular flexibility index (Phi) is 26.8. The van der Waals surface area contributed by atoms with Crippen molar-refractivity contribution in [3.05, 3.63) is 151 Å². The summed E-state index contributed by atoms with van der Waals surface area (Å²) in [6.45, 7) is 17.3. The molecule has 3 aromatic carbocycles. The summed E-state index contributed by atoms with van der Waals surface area (Å²) in [5.74, 6) is 0.0511. The molecule has 1 aliphatic carbocycles. The lowest BCUT2D eigenvalue weighted by molar-refractivity contribution is -0.438. The first-order valence-corrected chi connectivity index (χ1v) is 28.6.